The van der Waals surface area contributed by atoms with Gasteiger partial charge in [0.1, 0.15) is 24.2 Å². The molecule has 2 aromatic rings. The second kappa shape index (κ2) is 25.1. The van der Waals surface area contributed by atoms with E-state index in [-0.39, 0.29) is 25.3 Å². The van der Waals surface area contributed by atoms with Crippen LogP contribution in [-0.4, -0.2) is 113 Å². The van der Waals surface area contributed by atoms with Crippen molar-refractivity contribution >= 4 is 48.5 Å². The van der Waals surface area contributed by atoms with Crippen LogP contribution in [0.4, 0.5) is 0 Å². The van der Waals surface area contributed by atoms with E-state index in [9.17, 15) is 48.7 Å². The second-order valence-corrected chi connectivity index (χ2v) is 14.2. The predicted octanol–water partition coefficient (Wildman–Crippen LogP) is -1.32. The number of rotatable bonds is 25. The molecular weight excluding hydrogens is 751 g/mol. The Hall–Kier alpha value is -5.37. The molecule has 6 atom stereocenters. The zero-order valence-corrected chi connectivity index (χ0v) is 33.6. The molecule has 1 unspecified atom stereocenters. The van der Waals surface area contributed by atoms with Crippen molar-refractivity contribution in [1.29, 1.82) is 0 Å². The van der Waals surface area contributed by atoms with Gasteiger partial charge in [0.2, 0.25) is 35.4 Å². The van der Waals surface area contributed by atoms with E-state index in [1.54, 1.807) is 12.1 Å². The van der Waals surface area contributed by atoms with Gasteiger partial charge in [0.15, 0.2) is 0 Å². The zero-order valence-electron chi connectivity index (χ0n) is 33.6. The molecule has 0 bridgehead atoms. The summed E-state index contributed by atoms with van der Waals surface area (Å²) in [5, 5.41) is 43.5. The van der Waals surface area contributed by atoms with Gasteiger partial charge < -0.3 is 58.5 Å². The highest BCUT2D eigenvalue weighted by molar-refractivity contribution is 6.43. The number of carbonyl (C=O) groups excluding carboxylic acids is 7. The quantitative estimate of drug-likeness (QED) is 0.0413. The molecule has 19 heteroatoms. The maximum Gasteiger partial charge on any atom is 0.475 e. The van der Waals surface area contributed by atoms with Crippen molar-refractivity contribution in [2.45, 2.75) is 115 Å². The number of hydrogen-bond acceptors (Lipinski definition) is 11. The van der Waals surface area contributed by atoms with E-state index in [1.165, 1.54) is 26.3 Å². The third kappa shape index (κ3) is 17.0. The molecule has 7 amide bonds. The monoisotopic (exact) mass is 810 g/mol. The van der Waals surface area contributed by atoms with Crippen molar-refractivity contribution in [2.24, 2.45) is 11.5 Å². The van der Waals surface area contributed by atoms with Gasteiger partial charge in [-0.25, -0.2) is 0 Å². The molecule has 0 aliphatic carbocycles. The number of carbonyl (C=O) groups is 7. The summed E-state index contributed by atoms with van der Waals surface area (Å²) < 4.78 is 0. The van der Waals surface area contributed by atoms with Crippen molar-refractivity contribution in [2.75, 3.05) is 13.1 Å². The minimum Gasteiger partial charge on any atom is -0.426 e. The Balaban J connectivity index is 1.99. The highest BCUT2D eigenvalue weighted by Gasteiger charge is 2.33. The first-order valence-electron chi connectivity index (χ1n) is 19.5. The smallest absolute Gasteiger partial charge is 0.426 e. The fourth-order valence-electron chi connectivity index (χ4n) is 5.61. The van der Waals surface area contributed by atoms with E-state index in [1.807, 2.05) is 12.1 Å². The maximum absolute atomic E-state index is 13.4. The van der Waals surface area contributed by atoms with Crippen LogP contribution in [0, 0.1) is 0 Å². The summed E-state index contributed by atoms with van der Waals surface area (Å²) in [5.41, 5.74) is 14.5. The molecule has 13 N–H and O–H groups in total. The van der Waals surface area contributed by atoms with E-state index >= 15 is 0 Å². The molecule has 58 heavy (non-hydrogen) atoms. The number of unbranched alkanes of at least 4 members (excludes halogenated alkanes) is 2. The predicted molar refractivity (Wildman–Crippen MR) is 217 cm³/mol. The molecular formula is C39H59BN8O10. The Labute approximate surface area is 339 Å². The molecule has 18 nitrogen and oxygen atoms in total. The summed E-state index contributed by atoms with van der Waals surface area (Å²) in [5.74, 6) is -6.74. The van der Waals surface area contributed by atoms with Crippen LogP contribution in [0.1, 0.15) is 88.6 Å². The van der Waals surface area contributed by atoms with Gasteiger partial charge in [0.25, 0.3) is 5.91 Å². The second-order valence-electron chi connectivity index (χ2n) is 14.2. The number of amides is 7. The largest absolute Gasteiger partial charge is 0.475 e. The average molecular weight is 811 g/mol. The topological polar surface area (TPSA) is 304 Å². The molecule has 0 aliphatic heterocycles. The van der Waals surface area contributed by atoms with Crippen LogP contribution in [0.25, 0.3) is 11.1 Å². The highest BCUT2D eigenvalue weighted by atomic mass is 16.4. The van der Waals surface area contributed by atoms with Crippen LogP contribution in [0.2, 0.25) is 0 Å². The Bertz CT molecular complexity index is 1680. The summed E-state index contributed by atoms with van der Waals surface area (Å²) >= 11 is 0. The highest BCUT2D eigenvalue weighted by Crippen LogP contribution is 2.21. The number of hydrogen-bond donors (Lipinski definition) is 11. The van der Waals surface area contributed by atoms with Crippen molar-refractivity contribution in [3.05, 3.63) is 59.7 Å². The normalized spacial score (nSPS) is 14.0. The summed E-state index contributed by atoms with van der Waals surface area (Å²) in [6.07, 6.45) is 2.09. The van der Waals surface area contributed by atoms with Crippen LogP contribution >= 0.6 is 0 Å². The lowest BCUT2D eigenvalue weighted by atomic mass is 9.81. The molecule has 0 saturated carbocycles. The van der Waals surface area contributed by atoms with E-state index in [2.05, 4.69) is 63.1 Å². The SMILES string of the molecule is CCCCc1ccc(-c2ccc(C(=O)NCCC(=O)N[C@@H](CCCCN)C(=O)N[C@H](C(=O)N[C@@H](C)C(=O)N[C@@H](CC(N)=O)C(=O)N[C@@H](C)B(O)O)C(C)O)cc2)cc1. The molecule has 318 valence electrons. The number of nitrogens with one attached hydrogen (secondary N) is 6. The number of aryl methyl sites for hydroxylation is 1. The molecule has 0 aromatic heterocycles. The lowest BCUT2D eigenvalue weighted by Crippen LogP contribution is -2.60. The molecule has 0 spiro atoms. The van der Waals surface area contributed by atoms with Gasteiger partial charge in [0, 0.05) is 18.5 Å². The van der Waals surface area contributed by atoms with Crippen LogP contribution in [0.15, 0.2) is 48.5 Å². The van der Waals surface area contributed by atoms with E-state index in [0.29, 0.717) is 24.9 Å². The maximum atomic E-state index is 13.4. The van der Waals surface area contributed by atoms with Gasteiger partial charge >= 0.3 is 7.12 Å². The third-order valence-corrected chi connectivity index (χ3v) is 9.16. The van der Waals surface area contributed by atoms with Crippen molar-refractivity contribution in [3.8, 4) is 11.1 Å². The first-order valence-corrected chi connectivity index (χ1v) is 19.5. The minimum absolute atomic E-state index is 0.0359. The van der Waals surface area contributed by atoms with Crippen LogP contribution < -0.4 is 43.4 Å². The average Bonchev–Trinajstić information content (AvgIpc) is 3.18. The fraction of sp³-hybridized carbons (Fsp3) is 0.513. The molecule has 0 aliphatic rings. The third-order valence-electron chi connectivity index (χ3n) is 9.16. The molecule has 0 radical (unpaired) electrons. The Morgan fingerprint density at radius 1 is 0.724 bits per heavy atom. The summed E-state index contributed by atoms with van der Waals surface area (Å²) in [4.78, 5) is 89.4. The lowest BCUT2D eigenvalue weighted by Gasteiger charge is -2.26. The Kier molecular flexibility index (Phi) is 21.1. The Morgan fingerprint density at radius 2 is 1.33 bits per heavy atom. The molecule has 0 fully saturated rings. The molecule has 2 rings (SSSR count). The number of aliphatic hydroxyl groups excluding tert-OH is 1. The zero-order chi connectivity index (χ0) is 43.4. The van der Waals surface area contributed by atoms with Gasteiger partial charge in [-0.2, -0.15) is 0 Å². The Morgan fingerprint density at radius 3 is 1.88 bits per heavy atom. The summed E-state index contributed by atoms with van der Waals surface area (Å²) in [6.45, 7) is 6.17. The first kappa shape index (κ1) is 48.8. The van der Waals surface area contributed by atoms with Crippen molar-refractivity contribution in [3.63, 3.8) is 0 Å². The fourth-order valence-corrected chi connectivity index (χ4v) is 5.61. The molecule has 0 saturated heterocycles. The van der Waals surface area contributed by atoms with Gasteiger partial charge in [-0.05, 0) is 88.2 Å². The lowest BCUT2D eigenvalue weighted by molar-refractivity contribution is -0.136. The van der Waals surface area contributed by atoms with Gasteiger partial charge in [-0.3, -0.25) is 33.6 Å². The van der Waals surface area contributed by atoms with E-state index in [4.69, 9.17) is 11.5 Å². The molecule has 2 aromatic carbocycles. The number of primary amides is 1. The standard InChI is InChI=1S/C39H59BN8O10/c1-5-6-9-26-11-13-27(14-12-26)28-15-17-29(18-16-28)36(53)43-21-19-33(51)46-30(10-7-8-20-41)37(54)48-34(24(3)49)39(56)44-23(2)35(52)47-31(22-32(42)50)38(55)45-25(4)40(57)58/h11-18,23-25,30-31,34,49,57-58H,5-10,19-22,41H2,1-4H3,(H2,42,50)(H,43,53)(H,44,56)(H,45,55)(H,46,51)(H,47,52)(H,48,54)/t23-,24?,25-,30-,31-,34-/m0/s1. The number of nitrogens with two attached hydrogens (primary N) is 2. The first-order chi connectivity index (χ1) is 27.5. The molecule has 0 heterocycles. The van der Waals surface area contributed by atoms with Crippen LogP contribution in [0.3, 0.4) is 0 Å². The van der Waals surface area contributed by atoms with Crippen LogP contribution in [0.5, 0.6) is 0 Å². The minimum atomic E-state index is -1.93. The number of aliphatic hydroxyl groups is 1. The summed E-state index contributed by atoms with van der Waals surface area (Å²) in [7, 11) is -1.93. The van der Waals surface area contributed by atoms with Crippen molar-refractivity contribution in [1.82, 2.24) is 31.9 Å². The van der Waals surface area contributed by atoms with Crippen LogP contribution in [-0.2, 0) is 35.2 Å². The van der Waals surface area contributed by atoms with Crippen molar-refractivity contribution < 1.29 is 48.7 Å². The van der Waals surface area contributed by atoms with E-state index in [0.717, 1.165) is 30.4 Å². The summed E-state index contributed by atoms with van der Waals surface area (Å²) in [6, 6.07) is 9.77. The van der Waals surface area contributed by atoms with Gasteiger partial charge in [0.05, 0.1) is 18.5 Å². The van der Waals surface area contributed by atoms with E-state index < -0.39 is 85.2 Å². The number of benzene rings is 2. The van der Waals surface area contributed by atoms with Gasteiger partial charge in [-0.15, -0.1) is 0 Å². The van der Waals surface area contributed by atoms with Gasteiger partial charge in [-0.1, -0.05) is 49.7 Å².